The number of anilines is 2. The third-order valence-corrected chi connectivity index (χ3v) is 5.13. The lowest BCUT2D eigenvalue weighted by Gasteiger charge is -2.24. The van der Waals surface area contributed by atoms with Gasteiger partial charge in [-0.2, -0.15) is 0 Å². The molecular formula is C21H22N2O2. The van der Waals surface area contributed by atoms with Crippen molar-refractivity contribution >= 4 is 23.2 Å². The molecule has 5 rings (SSSR count). The molecule has 0 aliphatic carbocycles. The summed E-state index contributed by atoms with van der Waals surface area (Å²) in [5, 5.41) is 2.88. The van der Waals surface area contributed by atoms with E-state index < -0.39 is 0 Å². The molecule has 1 N–H and O–H groups in total. The van der Waals surface area contributed by atoms with Crippen molar-refractivity contribution in [1.29, 1.82) is 0 Å². The third kappa shape index (κ3) is 3.16. The van der Waals surface area contributed by atoms with Crippen LogP contribution >= 0.6 is 0 Å². The van der Waals surface area contributed by atoms with Crippen molar-refractivity contribution in [3.8, 4) is 0 Å². The minimum Gasteiger partial charge on any atom is -0.326 e. The Morgan fingerprint density at radius 3 is 2.40 bits per heavy atom. The van der Waals surface area contributed by atoms with Crippen molar-refractivity contribution in [3.63, 3.8) is 0 Å². The average molecular weight is 334 g/mol. The lowest BCUT2D eigenvalue weighted by molar-refractivity contribution is -0.119. The highest BCUT2D eigenvalue weighted by molar-refractivity contribution is 5.98. The number of carbonyl (C=O) groups excluding carboxylic acids is 2. The monoisotopic (exact) mass is 334 g/mol. The zero-order chi connectivity index (χ0) is 17.2. The van der Waals surface area contributed by atoms with E-state index in [0.29, 0.717) is 18.7 Å². The Bertz CT molecular complexity index is 828. The van der Waals surface area contributed by atoms with E-state index in [1.54, 1.807) is 0 Å². The molecule has 2 aromatic rings. The first-order valence-corrected chi connectivity index (χ1v) is 9.01. The van der Waals surface area contributed by atoms with Gasteiger partial charge in [0.25, 0.3) is 0 Å². The normalized spacial score (nSPS) is 17.7. The van der Waals surface area contributed by atoms with Gasteiger partial charge in [0.15, 0.2) is 0 Å². The molecule has 128 valence electrons. The van der Waals surface area contributed by atoms with E-state index in [0.717, 1.165) is 37.9 Å². The van der Waals surface area contributed by atoms with Crippen molar-refractivity contribution in [2.75, 3.05) is 16.8 Å². The van der Waals surface area contributed by atoms with Gasteiger partial charge in [-0.05, 0) is 48.4 Å². The molecule has 0 bridgehead atoms. The largest absolute Gasteiger partial charge is 0.326 e. The Hall–Kier alpha value is -2.62. The molecule has 2 amide bonds. The van der Waals surface area contributed by atoms with Gasteiger partial charge in [0.05, 0.1) is 5.69 Å². The molecular weight excluding hydrogens is 312 g/mol. The Morgan fingerprint density at radius 2 is 1.52 bits per heavy atom. The third-order valence-electron chi connectivity index (χ3n) is 5.13. The summed E-state index contributed by atoms with van der Waals surface area (Å²) in [6.07, 6.45) is 5.27. The van der Waals surface area contributed by atoms with Crippen LogP contribution in [0.4, 0.5) is 11.4 Å². The molecule has 0 saturated heterocycles. The Morgan fingerprint density at radius 1 is 0.760 bits per heavy atom. The molecule has 0 saturated carbocycles. The van der Waals surface area contributed by atoms with Crippen LogP contribution < -0.4 is 10.2 Å². The molecule has 0 radical (unpaired) electrons. The number of hydrogen-bond acceptors (Lipinski definition) is 2. The minimum atomic E-state index is 0.139. The summed E-state index contributed by atoms with van der Waals surface area (Å²) in [5.74, 6) is 0.442. The van der Waals surface area contributed by atoms with Crippen LogP contribution in [-0.2, 0) is 28.9 Å². The fourth-order valence-corrected chi connectivity index (χ4v) is 3.88. The molecule has 0 unspecified atom stereocenters. The number of nitrogens with zero attached hydrogens (tertiary/aromatic N) is 1. The maximum atomic E-state index is 11.5. The predicted molar refractivity (Wildman–Crippen MR) is 98.8 cm³/mol. The van der Waals surface area contributed by atoms with Crippen molar-refractivity contribution in [2.24, 2.45) is 0 Å². The summed E-state index contributed by atoms with van der Waals surface area (Å²) in [6, 6.07) is 14.4. The number of benzene rings is 2. The smallest absolute Gasteiger partial charge is 0.227 e. The Labute approximate surface area is 147 Å². The first kappa shape index (κ1) is 15.9. The number of nitrogens with one attached hydrogen (secondary N) is 1. The maximum absolute atomic E-state index is 11.5. The van der Waals surface area contributed by atoms with Gasteiger partial charge in [-0.15, -0.1) is 0 Å². The minimum absolute atomic E-state index is 0.139. The molecule has 3 aliphatic rings. The van der Waals surface area contributed by atoms with E-state index in [4.69, 9.17) is 0 Å². The molecule has 0 spiro atoms. The van der Waals surface area contributed by atoms with Crippen LogP contribution in [0, 0.1) is 0 Å². The maximum Gasteiger partial charge on any atom is 0.227 e. The first-order valence-electron chi connectivity index (χ1n) is 9.01. The highest BCUT2D eigenvalue weighted by Crippen LogP contribution is 2.36. The van der Waals surface area contributed by atoms with Crippen molar-refractivity contribution in [2.45, 2.75) is 38.5 Å². The molecule has 2 aromatic carbocycles. The van der Waals surface area contributed by atoms with Gasteiger partial charge in [-0.1, -0.05) is 36.4 Å². The Balaban J connectivity index is 0.000000126. The molecule has 25 heavy (non-hydrogen) atoms. The molecule has 0 atom stereocenters. The summed E-state index contributed by atoms with van der Waals surface area (Å²) in [6.45, 7) is 0.894. The SMILES string of the molecule is O=C1CCCc2ccccc2N1.O=C1CCc2cccc3c2N1CC3. The second-order valence-corrected chi connectivity index (χ2v) is 6.78. The molecule has 4 nitrogen and oxygen atoms in total. The number of aryl methyl sites for hydroxylation is 2. The van der Waals surface area contributed by atoms with Gasteiger partial charge in [0, 0.05) is 25.1 Å². The zero-order valence-corrected chi connectivity index (χ0v) is 14.3. The van der Waals surface area contributed by atoms with E-state index in [1.165, 1.54) is 22.4 Å². The van der Waals surface area contributed by atoms with Gasteiger partial charge >= 0.3 is 0 Å². The van der Waals surface area contributed by atoms with Crippen molar-refractivity contribution in [1.82, 2.24) is 0 Å². The molecule has 0 fully saturated rings. The fraction of sp³-hybridized carbons (Fsp3) is 0.333. The van der Waals surface area contributed by atoms with Crippen LogP contribution in [0.5, 0.6) is 0 Å². The fourth-order valence-electron chi connectivity index (χ4n) is 3.88. The van der Waals surface area contributed by atoms with Gasteiger partial charge in [0.2, 0.25) is 11.8 Å². The van der Waals surface area contributed by atoms with Crippen LogP contribution in [0.15, 0.2) is 42.5 Å². The first-order chi connectivity index (χ1) is 12.2. The van der Waals surface area contributed by atoms with E-state index in [-0.39, 0.29) is 5.91 Å². The van der Waals surface area contributed by atoms with Crippen LogP contribution in [0.2, 0.25) is 0 Å². The number of carbonyl (C=O) groups is 2. The lowest BCUT2D eigenvalue weighted by Crippen LogP contribution is -2.32. The summed E-state index contributed by atoms with van der Waals surface area (Å²) >= 11 is 0. The second kappa shape index (κ2) is 6.71. The molecule has 3 heterocycles. The van der Waals surface area contributed by atoms with Crippen LogP contribution in [0.25, 0.3) is 0 Å². The average Bonchev–Trinajstić information content (AvgIpc) is 2.97. The summed E-state index contributed by atoms with van der Waals surface area (Å²) in [4.78, 5) is 24.6. The second-order valence-electron chi connectivity index (χ2n) is 6.78. The number of amides is 2. The van der Waals surface area contributed by atoms with Crippen LogP contribution in [0.1, 0.15) is 36.0 Å². The molecule has 0 aromatic heterocycles. The van der Waals surface area contributed by atoms with Gasteiger partial charge in [-0.25, -0.2) is 0 Å². The van der Waals surface area contributed by atoms with E-state index >= 15 is 0 Å². The van der Waals surface area contributed by atoms with Crippen LogP contribution in [0.3, 0.4) is 0 Å². The van der Waals surface area contributed by atoms with Gasteiger partial charge < -0.3 is 10.2 Å². The highest BCUT2D eigenvalue weighted by atomic mass is 16.2. The Kier molecular flexibility index (Phi) is 4.26. The number of hydrogen-bond donors (Lipinski definition) is 1. The topological polar surface area (TPSA) is 49.4 Å². The molecule has 3 aliphatic heterocycles. The van der Waals surface area contributed by atoms with E-state index in [2.05, 4.69) is 29.6 Å². The van der Waals surface area contributed by atoms with E-state index in [1.807, 2.05) is 23.1 Å². The predicted octanol–water partition coefficient (Wildman–Crippen LogP) is 3.48. The standard InChI is InChI=1S/C11H11NO.C10H11NO/c13-10-5-4-8-2-1-3-9-6-7-12(10)11(8)9;12-10-7-3-5-8-4-1-2-6-9(8)11-10/h1-3H,4-7H2;1-2,4,6H,3,5,7H2,(H,11,12). The highest BCUT2D eigenvalue weighted by Gasteiger charge is 2.30. The summed E-state index contributed by atoms with van der Waals surface area (Å²) in [5.41, 5.74) is 6.17. The number of rotatable bonds is 0. The number of para-hydroxylation sites is 2. The van der Waals surface area contributed by atoms with E-state index in [9.17, 15) is 9.59 Å². The van der Waals surface area contributed by atoms with Crippen molar-refractivity contribution in [3.05, 3.63) is 59.2 Å². The zero-order valence-electron chi connectivity index (χ0n) is 14.3. The van der Waals surface area contributed by atoms with Crippen molar-refractivity contribution < 1.29 is 9.59 Å². The molecule has 4 heteroatoms. The van der Waals surface area contributed by atoms with Crippen LogP contribution in [-0.4, -0.2) is 18.4 Å². The quantitative estimate of drug-likeness (QED) is 0.802. The lowest BCUT2D eigenvalue weighted by atomic mass is 10.00. The van der Waals surface area contributed by atoms with Gasteiger partial charge in [-0.3, -0.25) is 9.59 Å². The summed E-state index contributed by atoms with van der Waals surface area (Å²) in [7, 11) is 0. The number of fused-ring (bicyclic) bond motifs is 1. The summed E-state index contributed by atoms with van der Waals surface area (Å²) < 4.78 is 0. The van der Waals surface area contributed by atoms with Gasteiger partial charge in [0.1, 0.15) is 0 Å².